The van der Waals surface area contributed by atoms with Gasteiger partial charge in [-0.3, -0.25) is 42.9 Å². The number of aryl methyl sites for hydroxylation is 3. The van der Waals surface area contributed by atoms with E-state index in [1.54, 1.807) is 73.3 Å². The zero-order valence-corrected chi connectivity index (χ0v) is 64.3. The summed E-state index contributed by atoms with van der Waals surface area (Å²) in [5, 5.41) is 32.6. The Hall–Kier alpha value is -14.2. The van der Waals surface area contributed by atoms with Crippen molar-refractivity contribution in [2.24, 2.45) is 0 Å². The van der Waals surface area contributed by atoms with Crippen LogP contribution in [0.4, 0.5) is 76.0 Å². The normalized spacial score (nSPS) is 11.6. The van der Waals surface area contributed by atoms with E-state index in [9.17, 15) is 71.9 Å². The maximum Gasteiger partial charge on any atom is 0.416 e. The van der Waals surface area contributed by atoms with Gasteiger partial charge in [-0.15, -0.1) is 0 Å². The van der Waals surface area contributed by atoms with Gasteiger partial charge in [-0.05, 0) is 188 Å². The lowest BCUT2D eigenvalue weighted by molar-refractivity contribution is -0.138. The van der Waals surface area contributed by atoms with Crippen LogP contribution < -0.4 is 21.3 Å². The summed E-state index contributed by atoms with van der Waals surface area (Å²) in [5.41, 5.74) is 7.55. The Kier molecular flexibility index (Phi) is 24.9. The molecule has 0 fully saturated rings. The molecule has 608 valence electrons. The number of amides is 4. The van der Waals surface area contributed by atoms with Gasteiger partial charge in [0.15, 0.2) is 23.3 Å². The smallest absolute Gasteiger partial charge is 0.305 e. The first-order chi connectivity index (χ1) is 57.3. The maximum absolute atomic E-state index is 12.8. The van der Waals surface area contributed by atoms with E-state index in [1.165, 1.54) is 60.8 Å². The number of anilines is 4. The molecule has 5 heterocycles. The predicted octanol–water partition coefficient (Wildman–Crippen LogP) is 22.4. The van der Waals surface area contributed by atoms with Gasteiger partial charge in [0, 0.05) is 49.5 Å². The van der Waals surface area contributed by atoms with Gasteiger partial charge in [0.05, 0.1) is 70.5 Å². The van der Waals surface area contributed by atoms with Crippen molar-refractivity contribution in [1.29, 1.82) is 0 Å². The van der Waals surface area contributed by atoms with E-state index in [1.807, 2.05) is 142 Å². The van der Waals surface area contributed by atoms with E-state index < -0.39 is 52.9 Å². The Morgan fingerprint density at radius 2 is 0.633 bits per heavy atom. The fraction of sp³-hybridized carbons (Fsp3) is 0.122. The number of pyridine rings is 1. The second-order valence-corrected chi connectivity index (χ2v) is 28.0. The van der Waals surface area contributed by atoms with E-state index in [0.717, 1.165) is 103 Å². The van der Waals surface area contributed by atoms with Gasteiger partial charge in [-0.25, -0.2) is 0 Å². The van der Waals surface area contributed by atoms with E-state index in [-0.39, 0.29) is 49.6 Å². The maximum atomic E-state index is 12.8. The molecule has 0 aliphatic rings. The molecule has 0 atom stereocenters. The lowest BCUT2D eigenvalue weighted by Crippen LogP contribution is -2.14. The van der Waals surface area contributed by atoms with Crippen LogP contribution in [0.5, 0.6) is 0 Å². The monoisotopic (exact) mass is 1660 g/mol. The summed E-state index contributed by atoms with van der Waals surface area (Å²) in [4.78, 5) is 54.5. The molecule has 0 saturated heterocycles. The number of nitrogens with zero attached hydrogens (tertiary/aromatic N) is 9. The van der Waals surface area contributed by atoms with Gasteiger partial charge in [0.2, 0.25) is 0 Å². The van der Waals surface area contributed by atoms with Crippen molar-refractivity contribution in [1.82, 2.24) is 44.1 Å². The molecule has 120 heavy (non-hydrogen) atoms. The third kappa shape index (κ3) is 20.6. The fourth-order valence-electron chi connectivity index (χ4n) is 12.8. The summed E-state index contributed by atoms with van der Waals surface area (Å²) < 4.78 is 160. The topological polar surface area (TPSA) is 201 Å². The van der Waals surface area contributed by atoms with Gasteiger partial charge >= 0.3 is 24.7 Å². The molecule has 0 aliphatic carbocycles. The minimum absolute atomic E-state index is 0.142. The number of hydrogen-bond acceptors (Lipinski definition) is 9. The van der Waals surface area contributed by atoms with Crippen molar-refractivity contribution >= 4 is 102 Å². The number of aromatic nitrogens is 9. The summed E-state index contributed by atoms with van der Waals surface area (Å²) in [7, 11) is 0. The van der Waals surface area contributed by atoms with Gasteiger partial charge in [-0.1, -0.05) is 162 Å². The zero-order valence-electron chi connectivity index (χ0n) is 63.5. The Morgan fingerprint density at radius 3 is 0.967 bits per heavy atom. The molecule has 4 amide bonds. The molecule has 0 aliphatic heterocycles. The van der Waals surface area contributed by atoms with Crippen LogP contribution in [0.15, 0.2) is 285 Å². The highest BCUT2D eigenvalue weighted by atomic mass is 35.5. The summed E-state index contributed by atoms with van der Waals surface area (Å²) in [5.74, 6) is 0.256. The molecule has 11 aromatic carbocycles. The van der Waals surface area contributed by atoms with Crippen molar-refractivity contribution in [2.75, 3.05) is 21.3 Å². The summed E-state index contributed by atoms with van der Waals surface area (Å²) in [6.45, 7) is 6.78. The van der Waals surface area contributed by atoms with Crippen LogP contribution in [0.1, 0.15) is 103 Å². The molecule has 0 spiro atoms. The molecule has 0 bridgehead atoms. The number of alkyl halides is 12. The average molecular weight is 1660 g/mol. The SMILES string of the molecule is Cc1ccc(C(=O)Nc2nn(Cc3ccc(C(F)(F)F)cc3)c3ccccc23)cc1.Cc1cccc(C(=O)Nc2nn(Cc3ccc(C(F)(F)F)cc3)c3ccccc23)c1.Cc1ccccc1C(=O)Nc1nn(Cc2ccc(C(F)(F)F)cc2)c2ccccc12.O=C(Nc1nn(Cc2ccc(C(F)(F)F)cc2)c2ccccc12)c1cc(Cl)ccn1. The molecule has 17 nitrogen and oxygen atoms in total. The van der Waals surface area contributed by atoms with Gasteiger partial charge < -0.3 is 21.3 Å². The van der Waals surface area contributed by atoms with Crippen LogP contribution in [0.25, 0.3) is 43.6 Å². The van der Waals surface area contributed by atoms with E-state index in [0.29, 0.717) is 72.6 Å². The van der Waals surface area contributed by atoms with Crippen LogP contribution in [0.2, 0.25) is 5.02 Å². The number of carbonyl (C=O) groups excluding carboxylic acids is 4. The van der Waals surface area contributed by atoms with Gasteiger partial charge in [0.25, 0.3) is 23.6 Å². The highest BCUT2D eigenvalue weighted by molar-refractivity contribution is 6.31. The molecule has 5 aromatic heterocycles. The molecule has 30 heteroatoms. The lowest BCUT2D eigenvalue weighted by atomic mass is 10.1. The second kappa shape index (κ2) is 35.7. The van der Waals surface area contributed by atoms with Gasteiger partial charge in [-0.2, -0.15) is 73.1 Å². The number of carbonyl (C=O) groups is 4. The van der Waals surface area contributed by atoms with Crippen molar-refractivity contribution < 1.29 is 71.9 Å². The second-order valence-electron chi connectivity index (χ2n) is 27.6. The minimum atomic E-state index is -4.39. The first kappa shape index (κ1) is 83.7. The number of fused-ring (bicyclic) bond motifs is 4. The third-order valence-electron chi connectivity index (χ3n) is 19.0. The Balaban J connectivity index is 0.000000138. The largest absolute Gasteiger partial charge is 0.416 e. The molecule has 16 aromatic rings. The summed E-state index contributed by atoms with van der Waals surface area (Å²) in [6, 6.07) is 73.9. The quantitative estimate of drug-likeness (QED) is 0.0679. The van der Waals surface area contributed by atoms with Crippen LogP contribution in [0, 0.1) is 20.8 Å². The highest BCUT2D eigenvalue weighted by Gasteiger charge is 2.33. The molecule has 16 rings (SSSR count). The number of benzene rings is 11. The first-order valence-corrected chi connectivity index (χ1v) is 37.2. The van der Waals surface area contributed by atoms with E-state index in [2.05, 4.69) is 46.6 Å². The van der Waals surface area contributed by atoms with E-state index in [4.69, 9.17) is 11.6 Å². The predicted molar refractivity (Wildman–Crippen MR) is 436 cm³/mol. The van der Waals surface area contributed by atoms with Crippen LogP contribution in [-0.2, 0) is 50.9 Å². The van der Waals surface area contributed by atoms with Crippen LogP contribution >= 0.6 is 11.6 Å². The van der Waals surface area contributed by atoms with Gasteiger partial charge in [0.1, 0.15) is 5.69 Å². The number of para-hydroxylation sites is 4. The van der Waals surface area contributed by atoms with E-state index >= 15 is 0 Å². The molecule has 0 radical (unpaired) electrons. The number of nitrogens with one attached hydrogen (secondary N) is 4. The first-order valence-electron chi connectivity index (χ1n) is 36.8. The zero-order chi connectivity index (χ0) is 85.2. The highest BCUT2D eigenvalue weighted by Crippen LogP contribution is 2.36. The molecule has 0 unspecified atom stereocenters. The van der Waals surface area contributed by atoms with Crippen LogP contribution in [0.3, 0.4) is 0 Å². The molecule has 0 saturated carbocycles. The Labute approximate surface area is 681 Å². The molecular weight excluding hydrogens is 1590 g/mol. The van der Waals surface area contributed by atoms with Crippen molar-refractivity contribution in [2.45, 2.75) is 71.7 Å². The van der Waals surface area contributed by atoms with Crippen molar-refractivity contribution in [3.05, 3.63) is 374 Å². The summed E-state index contributed by atoms with van der Waals surface area (Å²) in [6.07, 6.45) is -16.1. The van der Waals surface area contributed by atoms with Crippen molar-refractivity contribution in [3.8, 4) is 0 Å². The Morgan fingerprint density at radius 1 is 0.317 bits per heavy atom. The fourth-order valence-corrected chi connectivity index (χ4v) is 13.0. The van der Waals surface area contributed by atoms with Crippen molar-refractivity contribution in [3.63, 3.8) is 0 Å². The number of halogens is 13. The average Bonchev–Trinajstić information content (AvgIpc) is 1.66. The summed E-state index contributed by atoms with van der Waals surface area (Å²) >= 11 is 5.91. The molecule has 4 N–H and O–H groups in total. The Bertz CT molecular complexity index is 6190. The number of rotatable bonds is 16. The lowest BCUT2D eigenvalue weighted by Gasteiger charge is -2.08. The standard InChI is InChI=1S/3C23H18F3N3O.C21H14ClF3N4O/c1-15-5-4-6-17(13-15)22(30)27-21-19-7-2-3-8-20(19)29(28-21)14-16-9-11-18(12-10-16)23(24,25)26;1-15-6-2-3-7-18(15)22(30)27-21-19-8-4-5-9-20(19)29(28-21)14-16-10-12-17(13-11-16)23(24,25)26;1-15-6-10-17(11-7-15)22(30)27-21-19-4-2-3-5-20(19)29(28-21)14-16-8-12-18(13-9-16)23(24,25)26;22-15-9-10-26-17(11-15)20(30)27-19-16-3-1-2-4-18(16)29(28-19)12-13-5-7-14(8-6-13)21(23,24)25/h3*2-13H,14H2,1H3,(H,27,28,30);1-11H,12H2,(H,27,28,30). The molecular formula is C90H68ClF12N13O4. The number of hydrogen-bond donors (Lipinski definition) is 4. The third-order valence-corrected chi connectivity index (χ3v) is 19.2. The van der Waals surface area contributed by atoms with Crippen LogP contribution in [-0.4, -0.2) is 67.7 Å². The minimum Gasteiger partial charge on any atom is -0.305 e.